The lowest BCUT2D eigenvalue weighted by molar-refractivity contribution is 0.239. The highest BCUT2D eigenvalue weighted by molar-refractivity contribution is 9.10. The number of halogens is 2. The Hall–Kier alpha value is -0.880. The predicted molar refractivity (Wildman–Crippen MR) is 71.3 cm³/mol. The van der Waals surface area contributed by atoms with Crippen molar-refractivity contribution in [2.24, 2.45) is 17.3 Å². The summed E-state index contributed by atoms with van der Waals surface area (Å²) < 4.78 is 14.2. The third-order valence-electron chi connectivity index (χ3n) is 4.64. The summed E-state index contributed by atoms with van der Waals surface area (Å²) in [7, 11) is 0. The number of nitrogens with zero attached hydrogens (tertiary/aromatic N) is 1. The van der Waals surface area contributed by atoms with Crippen molar-refractivity contribution in [3.05, 3.63) is 34.1 Å². The van der Waals surface area contributed by atoms with Crippen LogP contribution in [0.2, 0.25) is 0 Å². The Morgan fingerprint density at radius 1 is 1.39 bits per heavy atom. The molecule has 0 radical (unpaired) electrons. The van der Waals surface area contributed by atoms with Crippen LogP contribution in [0, 0.1) is 34.4 Å². The minimum Gasteiger partial charge on any atom is -0.207 e. The maximum atomic E-state index is 13.4. The van der Waals surface area contributed by atoms with E-state index in [1.807, 2.05) is 6.07 Å². The van der Waals surface area contributed by atoms with E-state index in [9.17, 15) is 9.65 Å². The second-order valence-corrected chi connectivity index (χ2v) is 6.72. The third-order valence-corrected chi connectivity index (χ3v) is 5.10. The molecule has 2 saturated carbocycles. The van der Waals surface area contributed by atoms with Gasteiger partial charge in [0.25, 0.3) is 0 Å². The minimum atomic E-state index is -0.240. The van der Waals surface area contributed by atoms with Crippen molar-refractivity contribution in [2.75, 3.05) is 0 Å². The summed E-state index contributed by atoms with van der Waals surface area (Å²) in [5.74, 6) is 1.02. The lowest BCUT2D eigenvalue weighted by atomic mass is 9.70. The summed E-state index contributed by atoms with van der Waals surface area (Å²) in [6, 6.07) is 7.52. The van der Waals surface area contributed by atoms with E-state index >= 15 is 0 Å². The molecule has 1 aromatic rings. The van der Waals surface area contributed by atoms with Crippen molar-refractivity contribution in [1.82, 2.24) is 0 Å². The SMILES string of the molecule is N#CC1(Cc2cc(F)cc(Br)c2)CC2CCC1C2. The normalized spacial score (nSPS) is 33.6. The molecule has 2 aliphatic carbocycles. The van der Waals surface area contributed by atoms with Crippen LogP contribution in [0.5, 0.6) is 0 Å². The van der Waals surface area contributed by atoms with Crippen LogP contribution in [0.3, 0.4) is 0 Å². The van der Waals surface area contributed by atoms with Gasteiger partial charge in [-0.1, -0.05) is 22.4 Å². The van der Waals surface area contributed by atoms with Crippen LogP contribution >= 0.6 is 15.9 Å². The average molecular weight is 308 g/mol. The Labute approximate surface area is 115 Å². The first-order valence-electron chi connectivity index (χ1n) is 6.47. The van der Waals surface area contributed by atoms with Crippen LogP contribution in [0.25, 0.3) is 0 Å². The highest BCUT2D eigenvalue weighted by atomic mass is 79.9. The van der Waals surface area contributed by atoms with Gasteiger partial charge in [-0.15, -0.1) is 0 Å². The Morgan fingerprint density at radius 3 is 2.78 bits per heavy atom. The zero-order valence-corrected chi connectivity index (χ0v) is 11.7. The zero-order valence-electron chi connectivity index (χ0n) is 10.1. The fourth-order valence-corrected chi connectivity index (χ4v) is 4.43. The van der Waals surface area contributed by atoms with Gasteiger partial charge in [-0.3, -0.25) is 0 Å². The second kappa shape index (κ2) is 4.35. The van der Waals surface area contributed by atoms with E-state index in [1.165, 1.54) is 25.3 Å². The molecule has 0 aliphatic heterocycles. The monoisotopic (exact) mass is 307 g/mol. The number of hydrogen-bond donors (Lipinski definition) is 0. The van der Waals surface area contributed by atoms with Gasteiger partial charge in [0.1, 0.15) is 5.82 Å². The van der Waals surface area contributed by atoms with E-state index in [4.69, 9.17) is 0 Å². The summed E-state index contributed by atoms with van der Waals surface area (Å²) in [5.41, 5.74) is 0.701. The van der Waals surface area contributed by atoms with Gasteiger partial charge < -0.3 is 0 Å². The largest absolute Gasteiger partial charge is 0.207 e. The summed E-state index contributed by atoms with van der Waals surface area (Å²) in [4.78, 5) is 0. The van der Waals surface area contributed by atoms with Gasteiger partial charge in [0.15, 0.2) is 0 Å². The van der Waals surface area contributed by atoms with E-state index in [1.54, 1.807) is 6.07 Å². The molecule has 0 aromatic heterocycles. The fourth-order valence-electron chi connectivity index (χ4n) is 3.91. The van der Waals surface area contributed by atoms with E-state index in [0.717, 1.165) is 22.4 Å². The Balaban J connectivity index is 1.89. The average Bonchev–Trinajstić information content (AvgIpc) is 2.88. The van der Waals surface area contributed by atoms with Crippen LogP contribution in [0.4, 0.5) is 4.39 Å². The highest BCUT2D eigenvalue weighted by Crippen LogP contribution is 2.57. The molecule has 94 valence electrons. The molecule has 2 bridgehead atoms. The molecule has 0 saturated heterocycles. The number of benzene rings is 1. The van der Waals surface area contributed by atoms with Gasteiger partial charge in [0.2, 0.25) is 0 Å². The van der Waals surface area contributed by atoms with Crippen molar-refractivity contribution in [1.29, 1.82) is 5.26 Å². The lowest BCUT2D eigenvalue weighted by Crippen LogP contribution is -2.28. The van der Waals surface area contributed by atoms with Gasteiger partial charge in [-0.2, -0.15) is 5.26 Å². The highest BCUT2D eigenvalue weighted by Gasteiger charge is 2.51. The first-order valence-corrected chi connectivity index (χ1v) is 7.27. The first kappa shape index (κ1) is 12.2. The Bertz CT molecular complexity index is 501. The molecule has 0 spiro atoms. The quantitative estimate of drug-likeness (QED) is 0.791. The number of rotatable bonds is 2. The third kappa shape index (κ3) is 1.97. The maximum absolute atomic E-state index is 13.4. The van der Waals surface area contributed by atoms with E-state index in [2.05, 4.69) is 22.0 Å². The van der Waals surface area contributed by atoms with Gasteiger partial charge in [0, 0.05) is 4.47 Å². The molecule has 0 heterocycles. The Morgan fingerprint density at radius 2 is 2.22 bits per heavy atom. The van der Waals surface area contributed by atoms with Crippen molar-refractivity contribution in [3.8, 4) is 6.07 Å². The van der Waals surface area contributed by atoms with Crippen LogP contribution in [-0.2, 0) is 6.42 Å². The molecular weight excluding hydrogens is 293 g/mol. The molecule has 3 heteroatoms. The smallest absolute Gasteiger partial charge is 0.124 e. The van der Waals surface area contributed by atoms with Crippen LogP contribution in [-0.4, -0.2) is 0 Å². The molecule has 1 nitrogen and oxygen atoms in total. The van der Waals surface area contributed by atoms with Gasteiger partial charge >= 0.3 is 0 Å². The molecule has 3 rings (SSSR count). The topological polar surface area (TPSA) is 23.8 Å². The summed E-state index contributed by atoms with van der Waals surface area (Å²) in [5, 5.41) is 9.58. The number of fused-ring (bicyclic) bond motifs is 2. The van der Waals surface area contributed by atoms with Crippen molar-refractivity contribution in [2.45, 2.75) is 32.1 Å². The summed E-state index contributed by atoms with van der Waals surface area (Å²) >= 11 is 3.32. The van der Waals surface area contributed by atoms with Gasteiger partial charge in [-0.25, -0.2) is 4.39 Å². The summed E-state index contributed by atoms with van der Waals surface area (Å²) in [6.45, 7) is 0. The van der Waals surface area contributed by atoms with E-state index in [-0.39, 0.29) is 11.2 Å². The Kier molecular flexibility index (Phi) is 2.94. The summed E-state index contributed by atoms with van der Waals surface area (Å²) in [6.07, 6.45) is 5.35. The lowest BCUT2D eigenvalue weighted by Gasteiger charge is -2.31. The van der Waals surface area contributed by atoms with Crippen molar-refractivity contribution < 1.29 is 4.39 Å². The first-order chi connectivity index (χ1) is 8.61. The molecule has 18 heavy (non-hydrogen) atoms. The molecule has 0 amide bonds. The molecule has 2 aliphatic rings. The molecule has 3 unspecified atom stereocenters. The second-order valence-electron chi connectivity index (χ2n) is 5.80. The molecule has 2 fully saturated rings. The minimum absolute atomic E-state index is 0.226. The van der Waals surface area contributed by atoms with Gasteiger partial charge in [0.05, 0.1) is 11.5 Å². The maximum Gasteiger partial charge on any atom is 0.124 e. The van der Waals surface area contributed by atoms with E-state index in [0.29, 0.717) is 12.3 Å². The van der Waals surface area contributed by atoms with E-state index < -0.39 is 0 Å². The van der Waals surface area contributed by atoms with Gasteiger partial charge in [-0.05, 0) is 61.3 Å². The van der Waals surface area contributed by atoms with Crippen molar-refractivity contribution >= 4 is 15.9 Å². The van der Waals surface area contributed by atoms with Crippen molar-refractivity contribution in [3.63, 3.8) is 0 Å². The fraction of sp³-hybridized carbons (Fsp3) is 0.533. The number of hydrogen-bond acceptors (Lipinski definition) is 1. The molecule has 3 atom stereocenters. The molecule has 0 N–H and O–H groups in total. The standard InChI is InChI=1S/C15H15BrFN/c16-13-4-11(5-14(17)6-13)8-15(9-18)7-10-1-2-12(15)3-10/h4-6,10,12H,1-3,7-8H2. The van der Waals surface area contributed by atoms with Crippen LogP contribution in [0.1, 0.15) is 31.2 Å². The molecular formula is C15H15BrFN. The number of nitriles is 1. The zero-order chi connectivity index (χ0) is 12.8. The molecule has 1 aromatic carbocycles. The van der Waals surface area contributed by atoms with Crippen LogP contribution in [0.15, 0.2) is 22.7 Å². The van der Waals surface area contributed by atoms with Crippen LogP contribution < -0.4 is 0 Å². The predicted octanol–water partition coefficient (Wildman–Crippen LogP) is 4.46.